The summed E-state index contributed by atoms with van der Waals surface area (Å²) in [4.78, 5) is 4.03. The maximum absolute atomic E-state index is 5.81. The summed E-state index contributed by atoms with van der Waals surface area (Å²) in [6, 6.07) is 3.51. The van der Waals surface area contributed by atoms with Crippen LogP contribution in [0.4, 0.5) is 0 Å². The van der Waals surface area contributed by atoms with E-state index in [0.717, 1.165) is 24.9 Å². The molecule has 0 saturated heterocycles. The maximum atomic E-state index is 5.81. The van der Waals surface area contributed by atoms with Crippen molar-refractivity contribution in [3.05, 3.63) is 29.0 Å². The van der Waals surface area contributed by atoms with Crippen LogP contribution in [-0.4, -0.2) is 30.0 Å². The molecule has 1 atom stereocenters. The third kappa shape index (κ3) is 4.18. The average Bonchev–Trinajstić information content (AvgIpc) is 2.32. The lowest BCUT2D eigenvalue weighted by molar-refractivity contribution is 0.201. The van der Waals surface area contributed by atoms with Crippen LogP contribution in [0.15, 0.2) is 23.4 Å². The van der Waals surface area contributed by atoms with E-state index < -0.39 is 0 Å². The van der Waals surface area contributed by atoms with Crippen molar-refractivity contribution < 1.29 is 0 Å². The number of nitrogens with two attached hydrogens (primary N) is 2. The molecular weight excluding hydrogens is 240 g/mol. The Labute approximate surface area is 106 Å². The van der Waals surface area contributed by atoms with E-state index in [0.29, 0.717) is 5.15 Å². The number of hydrazone groups is 1. The van der Waals surface area contributed by atoms with Crippen molar-refractivity contribution in [2.45, 2.75) is 12.5 Å². The van der Waals surface area contributed by atoms with Crippen molar-refractivity contribution in [2.24, 2.45) is 16.7 Å². The zero-order valence-electron chi connectivity index (χ0n) is 9.68. The summed E-state index contributed by atoms with van der Waals surface area (Å²) in [6.07, 6.45) is 3.64. The second-order valence-corrected chi connectivity index (χ2v) is 3.85. The molecule has 0 radical (unpaired) electrons. The van der Waals surface area contributed by atoms with Crippen LogP contribution in [0, 0.1) is 0 Å². The fraction of sp³-hybridized carbons (Fsp3) is 0.400. The number of hydrazine groups is 1. The highest BCUT2D eigenvalue weighted by molar-refractivity contribution is 6.29. The van der Waals surface area contributed by atoms with Crippen LogP contribution >= 0.6 is 11.6 Å². The Morgan fingerprint density at radius 3 is 2.94 bits per heavy atom. The number of hydrogen-bond acceptors (Lipinski definition) is 5. The molecule has 0 bridgehead atoms. The summed E-state index contributed by atoms with van der Waals surface area (Å²) in [7, 11) is 1.88. The largest absolute Gasteiger partial charge is 0.388 e. The first-order valence-electron chi connectivity index (χ1n) is 5.23. The Kier molecular flexibility index (Phi) is 5.68. The molecule has 1 heterocycles. The number of halogens is 1. The molecule has 0 fully saturated rings. The molecule has 1 rings (SSSR count). The molecule has 0 saturated carbocycles. The third-order valence-corrected chi connectivity index (χ3v) is 2.55. The topological polar surface area (TPSA) is 92.6 Å². The second kappa shape index (κ2) is 7.05. The molecule has 6 nitrogen and oxygen atoms in total. The van der Waals surface area contributed by atoms with E-state index in [1.807, 2.05) is 13.1 Å². The van der Waals surface area contributed by atoms with Crippen LogP contribution in [0.25, 0.3) is 0 Å². The van der Waals surface area contributed by atoms with Gasteiger partial charge in [0, 0.05) is 6.20 Å². The van der Waals surface area contributed by atoms with Crippen LogP contribution in [0.3, 0.4) is 0 Å². The molecule has 0 aliphatic heterocycles. The predicted molar refractivity (Wildman–Crippen MR) is 69.2 cm³/mol. The molecule has 17 heavy (non-hydrogen) atoms. The first kappa shape index (κ1) is 13.7. The summed E-state index contributed by atoms with van der Waals surface area (Å²) in [6.45, 7) is 0.807. The van der Waals surface area contributed by atoms with Gasteiger partial charge in [0.1, 0.15) is 11.5 Å². The normalized spacial score (nSPS) is 12.9. The van der Waals surface area contributed by atoms with Gasteiger partial charge in [0.05, 0.1) is 6.04 Å². The molecule has 1 aromatic rings. The van der Waals surface area contributed by atoms with E-state index in [1.165, 1.54) is 5.12 Å². The van der Waals surface area contributed by atoms with Gasteiger partial charge in [-0.2, -0.15) is 5.10 Å². The average molecular weight is 257 g/mol. The van der Waals surface area contributed by atoms with Crippen LogP contribution in [-0.2, 0) is 0 Å². The molecule has 0 aliphatic rings. The monoisotopic (exact) mass is 256 g/mol. The number of nitrogens with one attached hydrogen (secondary N) is 1. The summed E-state index contributed by atoms with van der Waals surface area (Å²) >= 11 is 5.74. The fourth-order valence-electron chi connectivity index (χ4n) is 1.47. The van der Waals surface area contributed by atoms with Gasteiger partial charge in [-0.05, 0) is 31.6 Å². The number of hydrogen-bond donors (Lipinski definition) is 3. The summed E-state index contributed by atoms with van der Waals surface area (Å²) in [5.41, 5.74) is 6.17. The van der Waals surface area contributed by atoms with E-state index in [-0.39, 0.29) is 6.04 Å². The van der Waals surface area contributed by atoms with Crippen molar-refractivity contribution in [1.82, 2.24) is 15.4 Å². The number of pyridine rings is 1. The third-order valence-electron chi connectivity index (χ3n) is 2.32. The van der Waals surface area contributed by atoms with Gasteiger partial charge in [0.25, 0.3) is 0 Å². The molecule has 94 valence electrons. The van der Waals surface area contributed by atoms with Crippen molar-refractivity contribution >= 4 is 17.9 Å². The van der Waals surface area contributed by atoms with Gasteiger partial charge >= 0.3 is 0 Å². The Bertz CT molecular complexity index is 352. The molecule has 1 unspecified atom stereocenters. The van der Waals surface area contributed by atoms with Crippen molar-refractivity contribution in [3.63, 3.8) is 0 Å². The molecule has 0 amide bonds. The lowest BCUT2D eigenvalue weighted by atomic mass is 10.1. The van der Waals surface area contributed by atoms with Crippen LogP contribution in [0.1, 0.15) is 18.0 Å². The van der Waals surface area contributed by atoms with E-state index in [4.69, 9.17) is 23.2 Å². The fourth-order valence-corrected chi connectivity index (χ4v) is 1.59. The zero-order chi connectivity index (χ0) is 12.7. The minimum Gasteiger partial charge on any atom is -0.388 e. The van der Waals surface area contributed by atoms with Gasteiger partial charge in [-0.15, -0.1) is 0 Å². The summed E-state index contributed by atoms with van der Waals surface area (Å²) in [5.74, 6) is 5.81. The van der Waals surface area contributed by atoms with Crippen LogP contribution < -0.4 is 16.9 Å². The smallest absolute Gasteiger partial charge is 0.129 e. The highest BCUT2D eigenvalue weighted by Gasteiger charge is 2.16. The Hall–Kier alpha value is -1.37. The molecule has 0 aliphatic carbocycles. The first-order chi connectivity index (χ1) is 8.19. The van der Waals surface area contributed by atoms with E-state index in [9.17, 15) is 0 Å². The first-order valence-corrected chi connectivity index (χ1v) is 5.61. The van der Waals surface area contributed by atoms with Crippen molar-refractivity contribution in [2.75, 3.05) is 13.6 Å². The minimum atomic E-state index is -0.0907. The number of nitrogens with zero attached hydrogens (tertiary/aromatic N) is 3. The molecule has 1 aromatic heterocycles. The van der Waals surface area contributed by atoms with Crippen LogP contribution in [0.2, 0.25) is 5.15 Å². The van der Waals surface area contributed by atoms with Gasteiger partial charge in [0.2, 0.25) is 0 Å². The highest BCUT2D eigenvalue weighted by atomic mass is 35.5. The maximum Gasteiger partial charge on any atom is 0.129 e. The Morgan fingerprint density at radius 2 is 2.41 bits per heavy atom. The second-order valence-electron chi connectivity index (χ2n) is 3.47. The summed E-state index contributed by atoms with van der Waals surface area (Å²) < 4.78 is 0. The Morgan fingerprint density at radius 1 is 1.65 bits per heavy atom. The van der Waals surface area contributed by atoms with Gasteiger partial charge in [-0.3, -0.25) is 0 Å². The zero-order valence-corrected chi connectivity index (χ0v) is 10.4. The standard InChI is InChI=1S/C10H17ClN6/c1-14-5-4-9(17(13)16-7-12)8-2-3-10(11)15-6-8/h2-3,6-7,9,14H,4-5,13H2,1H3,(H2,12,16). The van der Waals surface area contributed by atoms with E-state index in [1.54, 1.807) is 12.3 Å². The summed E-state index contributed by atoms with van der Waals surface area (Å²) in [5, 5.41) is 8.69. The molecule has 0 aromatic carbocycles. The van der Waals surface area contributed by atoms with Gasteiger partial charge in [0.15, 0.2) is 0 Å². The highest BCUT2D eigenvalue weighted by Crippen LogP contribution is 2.21. The van der Waals surface area contributed by atoms with E-state index >= 15 is 0 Å². The van der Waals surface area contributed by atoms with Crippen molar-refractivity contribution in [1.29, 1.82) is 0 Å². The van der Waals surface area contributed by atoms with Gasteiger partial charge in [-0.1, -0.05) is 17.7 Å². The molecule has 0 spiro atoms. The lowest BCUT2D eigenvalue weighted by Gasteiger charge is -2.24. The Balaban J connectivity index is 2.84. The molecule has 5 N–H and O–H groups in total. The van der Waals surface area contributed by atoms with Crippen LogP contribution in [0.5, 0.6) is 0 Å². The van der Waals surface area contributed by atoms with Gasteiger partial charge in [-0.25, -0.2) is 15.9 Å². The van der Waals surface area contributed by atoms with Gasteiger partial charge < -0.3 is 11.1 Å². The lowest BCUT2D eigenvalue weighted by Crippen LogP contribution is -2.33. The van der Waals surface area contributed by atoms with Crippen molar-refractivity contribution in [3.8, 4) is 0 Å². The van der Waals surface area contributed by atoms with E-state index in [2.05, 4.69) is 15.4 Å². The molecule has 7 heteroatoms. The predicted octanol–water partition coefficient (Wildman–Crippen LogP) is 0.463. The number of rotatable bonds is 6. The molecular formula is C10H17ClN6. The SMILES string of the molecule is CNCCC(c1ccc(Cl)nc1)N(N)/N=C\N. The minimum absolute atomic E-state index is 0.0907. The number of aromatic nitrogens is 1. The quantitative estimate of drug-likeness (QED) is 0.226.